The van der Waals surface area contributed by atoms with E-state index in [-0.39, 0.29) is 0 Å². The molecular formula is C15H13BrFNO. The van der Waals surface area contributed by atoms with Gasteiger partial charge in [-0.3, -0.25) is 0 Å². The van der Waals surface area contributed by atoms with Crippen molar-refractivity contribution >= 4 is 22.2 Å². The molecule has 1 unspecified atom stereocenters. The van der Waals surface area contributed by atoms with Gasteiger partial charge in [0.05, 0.1) is 0 Å². The third-order valence-electron chi connectivity index (χ3n) is 3.06. The summed E-state index contributed by atoms with van der Waals surface area (Å²) in [7, 11) is 0. The molecule has 0 saturated carbocycles. The average molecular weight is 322 g/mol. The van der Waals surface area contributed by atoms with E-state index in [9.17, 15) is 9.18 Å². The van der Waals surface area contributed by atoms with Crippen LogP contribution in [0.3, 0.4) is 0 Å². The van der Waals surface area contributed by atoms with Gasteiger partial charge in [-0.1, -0.05) is 47.1 Å². The predicted molar refractivity (Wildman–Crippen MR) is 75.8 cm³/mol. The largest absolute Gasteiger partial charge is 0.301 e. The number of hydrogen-bond acceptors (Lipinski definition) is 2. The molecule has 0 amide bonds. The highest BCUT2D eigenvalue weighted by atomic mass is 79.9. The van der Waals surface area contributed by atoms with Crippen LogP contribution in [0.2, 0.25) is 0 Å². The molecule has 1 aromatic carbocycles. The molecule has 0 aliphatic heterocycles. The second-order valence-corrected chi connectivity index (χ2v) is 5.50. The fraction of sp³-hybridized carbons (Fsp3) is 0.200. The van der Waals surface area contributed by atoms with Crippen LogP contribution in [0.1, 0.15) is 23.6 Å². The van der Waals surface area contributed by atoms with Crippen molar-refractivity contribution in [1.29, 1.82) is 0 Å². The highest BCUT2D eigenvalue weighted by Crippen LogP contribution is 2.37. The molecule has 0 bridgehead atoms. The molecule has 1 heterocycles. The van der Waals surface area contributed by atoms with Crippen LogP contribution in [0.5, 0.6) is 0 Å². The summed E-state index contributed by atoms with van der Waals surface area (Å²) in [5.74, 6) is -0.602. The van der Waals surface area contributed by atoms with Gasteiger partial charge in [0.25, 0.3) is 0 Å². The number of halogens is 2. The Balaban J connectivity index is 2.55. The second-order valence-electron chi connectivity index (χ2n) is 4.25. The quantitative estimate of drug-likeness (QED) is 0.489. The van der Waals surface area contributed by atoms with E-state index in [2.05, 4.69) is 20.9 Å². The minimum absolute atomic E-state index is 0.531. The number of benzene rings is 1. The summed E-state index contributed by atoms with van der Waals surface area (Å²) in [5, 5.41) is 0. The topological polar surface area (TPSA) is 30.0 Å². The molecule has 19 heavy (non-hydrogen) atoms. The molecule has 0 saturated heterocycles. The SMILES string of the molecule is CCc1cccc(C(Br)(C=O)c2ccnc(F)c2)c1. The number of nitrogens with zero attached hydrogens (tertiary/aromatic N) is 1. The van der Waals surface area contributed by atoms with Crippen LogP contribution in [0.4, 0.5) is 4.39 Å². The summed E-state index contributed by atoms with van der Waals surface area (Å²) in [6.45, 7) is 2.04. The maximum Gasteiger partial charge on any atom is 0.213 e. The highest BCUT2D eigenvalue weighted by molar-refractivity contribution is 9.10. The molecule has 0 spiro atoms. The van der Waals surface area contributed by atoms with Gasteiger partial charge in [0.15, 0.2) is 0 Å². The highest BCUT2D eigenvalue weighted by Gasteiger charge is 2.31. The third kappa shape index (κ3) is 2.73. The first-order valence-corrected chi connectivity index (χ1v) is 6.76. The smallest absolute Gasteiger partial charge is 0.213 e. The summed E-state index contributed by atoms with van der Waals surface area (Å²) in [4.78, 5) is 15.1. The normalized spacial score (nSPS) is 13.8. The van der Waals surface area contributed by atoms with Crippen molar-refractivity contribution in [2.45, 2.75) is 17.7 Å². The fourth-order valence-electron chi connectivity index (χ4n) is 1.95. The van der Waals surface area contributed by atoms with Gasteiger partial charge in [0.2, 0.25) is 5.95 Å². The van der Waals surface area contributed by atoms with Crippen molar-refractivity contribution in [2.75, 3.05) is 0 Å². The zero-order chi connectivity index (χ0) is 13.9. The van der Waals surface area contributed by atoms with Crippen LogP contribution >= 0.6 is 15.9 Å². The molecule has 0 radical (unpaired) electrons. The molecule has 0 N–H and O–H groups in total. The molecule has 0 aliphatic rings. The van der Waals surface area contributed by atoms with Crippen LogP contribution in [0.15, 0.2) is 42.6 Å². The van der Waals surface area contributed by atoms with Crippen molar-refractivity contribution in [3.05, 3.63) is 65.2 Å². The first-order valence-electron chi connectivity index (χ1n) is 5.97. The Kier molecular flexibility index (Phi) is 4.10. The Morgan fingerprint density at radius 1 is 1.32 bits per heavy atom. The van der Waals surface area contributed by atoms with Gasteiger partial charge in [-0.05, 0) is 35.2 Å². The molecule has 98 valence electrons. The molecular weight excluding hydrogens is 309 g/mol. The number of aryl methyl sites for hydroxylation is 1. The number of hydrogen-bond donors (Lipinski definition) is 0. The average Bonchev–Trinajstić information content (AvgIpc) is 2.46. The molecule has 1 aromatic heterocycles. The number of alkyl halides is 1. The van der Waals surface area contributed by atoms with Crippen molar-refractivity contribution in [2.24, 2.45) is 0 Å². The molecule has 0 aliphatic carbocycles. The van der Waals surface area contributed by atoms with Crippen LogP contribution in [0, 0.1) is 5.95 Å². The van der Waals surface area contributed by atoms with E-state index >= 15 is 0 Å². The zero-order valence-corrected chi connectivity index (χ0v) is 12.0. The molecule has 2 rings (SSSR count). The van der Waals surface area contributed by atoms with Crippen LogP contribution in [-0.4, -0.2) is 11.3 Å². The minimum atomic E-state index is -1.04. The standard InChI is InChI=1S/C15H13BrFNO/c1-2-11-4-3-5-12(8-11)15(16,10-19)13-6-7-18-14(17)9-13/h3-10H,2H2,1H3. The molecule has 2 nitrogen and oxygen atoms in total. The first kappa shape index (κ1) is 13.9. The fourth-order valence-corrected chi connectivity index (χ4v) is 2.44. The number of pyridine rings is 1. The number of rotatable bonds is 4. The Labute approximate surface area is 119 Å². The molecule has 4 heteroatoms. The van der Waals surface area contributed by atoms with Crippen molar-refractivity contribution in [1.82, 2.24) is 4.98 Å². The zero-order valence-electron chi connectivity index (χ0n) is 10.4. The van der Waals surface area contributed by atoms with Gasteiger partial charge < -0.3 is 4.79 Å². The lowest BCUT2D eigenvalue weighted by Crippen LogP contribution is -2.22. The van der Waals surface area contributed by atoms with Gasteiger partial charge in [-0.15, -0.1) is 0 Å². The van der Waals surface area contributed by atoms with Crippen LogP contribution in [0.25, 0.3) is 0 Å². The van der Waals surface area contributed by atoms with E-state index in [1.54, 1.807) is 6.07 Å². The van der Waals surface area contributed by atoms with Crippen molar-refractivity contribution in [3.63, 3.8) is 0 Å². The van der Waals surface area contributed by atoms with Gasteiger partial charge in [-0.2, -0.15) is 4.39 Å². The second kappa shape index (κ2) is 5.61. The predicted octanol–water partition coefficient (Wildman–Crippen LogP) is 3.62. The van der Waals surface area contributed by atoms with Crippen molar-refractivity contribution in [3.8, 4) is 0 Å². The lowest BCUT2D eigenvalue weighted by Gasteiger charge is -2.22. The molecule has 0 fully saturated rings. The Morgan fingerprint density at radius 3 is 2.68 bits per heavy atom. The lowest BCUT2D eigenvalue weighted by molar-refractivity contribution is -0.109. The summed E-state index contributed by atoms with van der Waals surface area (Å²) in [6, 6.07) is 10.6. The minimum Gasteiger partial charge on any atom is -0.301 e. The summed E-state index contributed by atoms with van der Waals surface area (Å²) in [6.07, 6.45) is 3.00. The third-order valence-corrected chi connectivity index (χ3v) is 4.17. The van der Waals surface area contributed by atoms with Crippen molar-refractivity contribution < 1.29 is 9.18 Å². The van der Waals surface area contributed by atoms with Gasteiger partial charge in [0, 0.05) is 6.20 Å². The number of carbonyl (C=O) groups excluding carboxylic acids is 1. The monoisotopic (exact) mass is 321 g/mol. The summed E-state index contributed by atoms with van der Waals surface area (Å²) >= 11 is 3.44. The van der Waals surface area contributed by atoms with E-state index in [1.807, 2.05) is 31.2 Å². The number of carbonyl (C=O) groups is 1. The summed E-state index contributed by atoms with van der Waals surface area (Å²) in [5.41, 5.74) is 2.44. The van der Waals surface area contributed by atoms with Gasteiger partial charge in [-0.25, -0.2) is 4.98 Å². The van der Waals surface area contributed by atoms with E-state index in [0.717, 1.165) is 23.8 Å². The number of aromatic nitrogens is 1. The Hall–Kier alpha value is -1.55. The molecule has 2 aromatic rings. The van der Waals surface area contributed by atoms with Gasteiger partial charge in [0.1, 0.15) is 10.6 Å². The summed E-state index contributed by atoms with van der Waals surface area (Å²) < 4.78 is 12.2. The Morgan fingerprint density at radius 2 is 2.05 bits per heavy atom. The lowest BCUT2D eigenvalue weighted by atomic mass is 9.91. The molecule has 1 atom stereocenters. The van der Waals surface area contributed by atoms with E-state index < -0.39 is 10.3 Å². The van der Waals surface area contributed by atoms with E-state index in [1.165, 1.54) is 12.3 Å². The van der Waals surface area contributed by atoms with Crippen LogP contribution < -0.4 is 0 Å². The maximum absolute atomic E-state index is 13.2. The number of aldehydes is 1. The van der Waals surface area contributed by atoms with E-state index in [0.29, 0.717) is 5.56 Å². The Bertz CT molecular complexity index is 602. The van der Waals surface area contributed by atoms with Gasteiger partial charge >= 0.3 is 0 Å². The maximum atomic E-state index is 13.2. The van der Waals surface area contributed by atoms with Crippen LogP contribution in [-0.2, 0) is 15.5 Å². The first-order chi connectivity index (χ1) is 9.10. The van der Waals surface area contributed by atoms with E-state index in [4.69, 9.17) is 0 Å².